The van der Waals surface area contributed by atoms with Crippen LogP contribution in [0, 0.1) is 5.92 Å². The minimum absolute atomic E-state index is 0.108. The molecule has 0 radical (unpaired) electrons. The van der Waals surface area contributed by atoms with Crippen molar-refractivity contribution in [2.75, 3.05) is 0 Å². The maximum Gasteiger partial charge on any atom is 0.245 e. The van der Waals surface area contributed by atoms with Gasteiger partial charge in [-0.05, 0) is 48.5 Å². The Morgan fingerprint density at radius 3 is 2.61 bits per heavy atom. The molecule has 0 bridgehead atoms. The summed E-state index contributed by atoms with van der Waals surface area (Å²) in [5.74, 6) is 0.846. The molecule has 1 saturated carbocycles. The van der Waals surface area contributed by atoms with Crippen molar-refractivity contribution < 1.29 is 12.8 Å². The number of furan rings is 1. The molecule has 2 rings (SSSR count). The largest absolute Gasteiger partial charge is 0.452 e. The van der Waals surface area contributed by atoms with Crippen LogP contribution >= 0.6 is 15.9 Å². The Morgan fingerprint density at radius 2 is 2.17 bits per heavy atom. The van der Waals surface area contributed by atoms with E-state index < -0.39 is 15.6 Å². The van der Waals surface area contributed by atoms with E-state index in [1.807, 2.05) is 13.8 Å². The molecule has 0 aromatic carbocycles. The Labute approximate surface area is 115 Å². The molecular weight excluding hydrogens is 320 g/mol. The van der Waals surface area contributed by atoms with Gasteiger partial charge in [-0.3, -0.25) is 0 Å². The zero-order chi connectivity index (χ0) is 13.6. The first-order valence-corrected chi connectivity index (χ1v) is 8.06. The van der Waals surface area contributed by atoms with Crippen molar-refractivity contribution in [3.63, 3.8) is 0 Å². The maximum absolute atomic E-state index is 12.3. The van der Waals surface area contributed by atoms with E-state index in [0.29, 0.717) is 11.7 Å². The van der Waals surface area contributed by atoms with Gasteiger partial charge in [0.15, 0.2) is 4.67 Å². The van der Waals surface area contributed by atoms with Gasteiger partial charge in [-0.25, -0.2) is 13.1 Å². The second-order valence-corrected chi connectivity index (χ2v) is 7.53. The lowest BCUT2D eigenvalue weighted by molar-refractivity contribution is 0.400. The molecule has 1 aliphatic rings. The van der Waals surface area contributed by atoms with E-state index in [9.17, 15) is 8.42 Å². The lowest BCUT2D eigenvalue weighted by Crippen LogP contribution is -2.45. The number of halogens is 1. The molecule has 1 aliphatic carbocycles. The van der Waals surface area contributed by atoms with Crippen molar-refractivity contribution >= 4 is 26.0 Å². The van der Waals surface area contributed by atoms with E-state index in [1.165, 1.54) is 6.07 Å². The van der Waals surface area contributed by atoms with E-state index in [4.69, 9.17) is 10.2 Å². The first-order chi connectivity index (χ1) is 8.26. The van der Waals surface area contributed by atoms with E-state index in [-0.39, 0.29) is 16.1 Å². The molecule has 1 heterocycles. The first kappa shape index (κ1) is 14.0. The van der Waals surface area contributed by atoms with Crippen molar-refractivity contribution in [2.24, 2.45) is 11.7 Å². The van der Waals surface area contributed by atoms with Crippen LogP contribution in [0.3, 0.4) is 0 Å². The molecule has 0 amide bonds. The molecule has 3 N–H and O–H groups in total. The molecular formula is C11H17BrN2O3S. The van der Waals surface area contributed by atoms with E-state index in [0.717, 1.165) is 12.8 Å². The van der Waals surface area contributed by atoms with Crippen molar-refractivity contribution in [3.05, 3.63) is 16.5 Å². The van der Waals surface area contributed by atoms with Gasteiger partial charge in [-0.2, -0.15) is 0 Å². The fourth-order valence-corrected chi connectivity index (χ4v) is 4.44. The average Bonchev–Trinajstić information content (AvgIpc) is 3.01. The second kappa shape index (κ2) is 4.63. The van der Waals surface area contributed by atoms with Crippen LogP contribution in [-0.4, -0.2) is 14.0 Å². The van der Waals surface area contributed by atoms with Crippen molar-refractivity contribution in [3.8, 4) is 0 Å². The molecule has 1 fully saturated rings. The zero-order valence-corrected chi connectivity index (χ0v) is 12.8. The molecule has 0 saturated heterocycles. The third kappa shape index (κ3) is 2.79. The zero-order valence-electron chi connectivity index (χ0n) is 10.4. The SMILES string of the molecule is CC(C)(NS(=O)(=O)c1cc(CN)oc1Br)C1CC1. The molecule has 1 aromatic rings. The van der Waals surface area contributed by atoms with E-state index >= 15 is 0 Å². The van der Waals surface area contributed by atoms with Crippen LogP contribution in [0.4, 0.5) is 0 Å². The highest BCUT2D eigenvalue weighted by Crippen LogP contribution is 2.40. The van der Waals surface area contributed by atoms with Crippen LogP contribution in [0.15, 0.2) is 20.0 Å². The summed E-state index contributed by atoms with van der Waals surface area (Å²) in [6.45, 7) is 3.97. The fourth-order valence-electron chi connectivity index (χ4n) is 1.97. The van der Waals surface area contributed by atoms with Gasteiger partial charge in [0.25, 0.3) is 0 Å². The van der Waals surface area contributed by atoms with Gasteiger partial charge in [-0.1, -0.05) is 0 Å². The number of sulfonamides is 1. The Balaban J connectivity index is 2.27. The predicted octanol–water partition coefficient (Wildman–Crippen LogP) is 1.97. The molecule has 102 valence electrons. The highest BCUT2D eigenvalue weighted by Gasteiger charge is 2.41. The summed E-state index contributed by atoms with van der Waals surface area (Å²) in [5, 5.41) is 0. The Bertz CT molecular complexity index is 547. The summed E-state index contributed by atoms with van der Waals surface area (Å²) in [7, 11) is -3.59. The summed E-state index contributed by atoms with van der Waals surface area (Å²) in [4.78, 5) is 0.108. The van der Waals surface area contributed by atoms with Gasteiger partial charge < -0.3 is 10.2 Å². The summed E-state index contributed by atoms with van der Waals surface area (Å²) in [6.07, 6.45) is 2.13. The Hall–Kier alpha value is -0.370. The van der Waals surface area contributed by atoms with Crippen LogP contribution < -0.4 is 10.5 Å². The van der Waals surface area contributed by atoms with Crippen molar-refractivity contribution in [1.82, 2.24) is 4.72 Å². The lowest BCUT2D eigenvalue weighted by atomic mass is 10.0. The van der Waals surface area contributed by atoms with Gasteiger partial charge >= 0.3 is 0 Å². The minimum Gasteiger partial charge on any atom is -0.452 e. The standard InChI is InChI=1S/C11H17BrN2O3S/c1-11(2,7-3-4-7)14-18(15,16)9-5-8(6-13)17-10(9)12/h5,7,14H,3-4,6,13H2,1-2H3. The number of hydrogen-bond donors (Lipinski definition) is 2. The molecule has 7 heteroatoms. The van der Waals surface area contributed by atoms with Crippen LogP contribution in [0.25, 0.3) is 0 Å². The molecule has 0 atom stereocenters. The van der Waals surface area contributed by atoms with Gasteiger partial charge in [0.1, 0.15) is 10.7 Å². The number of nitrogens with one attached hydrogen (secondary N) is 1. The van der Waals surface area contributed by atoms with E-state index in [1.54, 1.807) is 0 Å². The van der Waals surface area contributed by atoms with Gasteiger partial charge in [0, 0.05) is 11.6 Å². The third-order valence-electron chi connectivity index (χ3n) is 3.19. The van der Waals surface area contributed by atoms with Crippen molar-refractivity contribution in [2.45, 2.75) is 43.7 Å². The third-order valence-corrected chi connectivity index (χ3v) is 5.72. The second-order valence-electron chi connectivity index (χ2n) is 5.16. The van der Waals surface area contributed by atoms with Crippen LogP contribution in [0.1, 0.15) is 32.4 Å². The highest BCUT2D eigenvalue weighted by atomic mass is 79.9. The fraction of sp³-hybridized carbons (Fsp3) is 0.636. The Morgan fingerprint density at radius 1 is 1.56 bits per heavy atom. The van der Waals surface area contributed by atoms with E-state index in [2.05, 4.69) is 20.7 Å². The number of nitrogens with two attached hydrogens (primary N) is 1. The molecule has 0 aliphatic heterocycles. The van der Waals surface area contributed by atoms with Crippen LogP contribution in [-0.2, 0) is 16.6 Å². The number of hydrogen-bond acceptors (Lipinski definition) is 4. The average molecular weight is 337 g/mol. The summed E-state index contributed by atoms with van der Waals surface area (Å²) in [6, 6.07) is 1.45. The molecule has 1 aromatic heterocycles. The molecule has 5 nitrogen and oxygen atoms in total. The van der Waals surface area contributed by atoms with Crippen LogP contribution in [0.2, 0.25) is 0 Å². The summed E-state index contributed by atoms with van der Waals surface area (Å²) < 4.78 is 32.7. The molecule has 0 spiro atoms. The Kier molecular flexibility index (Phi) is 3.61. The summed E-state index contributed by atoms with van der Waals surface area (Å²) >= 11 is 3.11. The topological polar surface area (TPSA) is 85.3 Å². The van der Waals surface area contributed by atoms with Gasteiger partial charge in [0.05, 0.1) is 6.54 Å². The maximum atomic E-state index is 12.3. The number of rotatable bonds is 5. The quantitative estimate of drug-likeness (QED) is 0.860. The molecule has 0 unspecified atom stereocenters. The normalized spacial score (nSPS) is 17.1. The predicted molar refractivity (Wildman–Crippen MR) is 71.4 cm³/mol. The monoisotopic (exact) mass is 336 g/mol. The highest BCUT2D eigenvalue weighted by molar-refractivity contribution is 9.10. The lowest BCUT2D eigenvalue weighted by Gasteiger charge is -2.25. The smallest absolute Gasteiger partial charge is 0.245 e. The first-order valence-electron chi connectivity index (χ1n) is 5.78. The van der Waals surface area contributed by atoms with Gasteiger partial charge in [0.2, 0.25) is 10.0 Å². The van der Waals surface area contributed by atoms with Gasteiger partial charge in [-0.15, -0.1) is 0 Å². The van der Waals surface area contributed by atoms with Crippen molar-refractivity contribution in [1.29, 1.82) is 0 Å². The molecule has 18 heavy (non-hydrogen) atoms. The van der Waals surface area contributed by atoms with Crippen LogP contribution in [0.5, 0.6) is 0 Å². The minimum atomic E-state index is -3.59. The summed E-state index contributed by atoms with van der Waals surface area (Å²) in [5.41, 5.74) is 5.00.